The molecule has 0 aliphatic carbocycles. The van der Waals surface area contributed by atoms with E-state index in [0.717, 1.165) is 17.9 Å². The molecule has 68 valence electrons. The Morgan fingerprint density at radius 1 is 1.62 bits per heavy atom. The zero-order valence-corrected chi connectivity index (χ0v) is 8.20. The number of aromatic nitrogens is 1. The highest BCUT2D eigenvalue weighted by atomic mass is 15.2. The summed E-state index contributed by atoms with van der Waals surface area (Å²) in [7, 11) is 1.93. The third-order valence-electron chi connectivity index (χ3n) is 2.09. The molecule has 1 rings (SSSR count). The van der Waals surface area contributed by atoms with Gasteiger partial charge in [-0.05, 0) is 25.5 Å². The van der Waals surface area contributed by atoms with Crippen LogP contribution in [0.5, 0.6) is 0 Å². The van der Waals surface area contributed by atoms with Gasteiger partial charge in [0.25, 0.3) is 0 Å². The van der Waals surface area contributed by atoms with Gasteiger partial charge >= 0.3 is 0 Å². The van der Waals surface area contributed by atoms with Crippen molar-refractivity contribution in [2.45, 2.75) is 13.8 Å². The Labute approximate surface area is 78.6 Å². The summed E-state index contributed by atoms with van der Waals surface area (Å²) in [6.45, 7) is 4.81. The zero-order chi connectivity index (χ0) is 9.84. The molecule has 0 aliphatic rings. The molecule has 0 N–H and O–H groups in total. The van der Waals surface area contributed by atoms with Crippen LogP contribution < -0.4 is 4.90 Å². The van der Waals surface area contributed by atoms with Crippen LogP contribution in [0, 0.1) is 18.3 Å². The minimum absolute atomic E-state index is 0.673. The van der Waals surface area contributed by atoms with E-state index >= 15 is 0 Å². The van der Waals surface area contributed by atoms with Crippen LogP contribution in [0.2, 0.25) is 0 Å². The van der Waals surface area contributed by atoms with Crippen molar-refractivity contribution in [2.75, 3.05) is 18.5 Å². The highest BCUT2D eigenvalue weighted by Crippen LogP contribution is 2.17. The van der Waals surface area contributed by atoms with Gasteiger partial charge in [0.1, 0.15) is 11.9 Å². The smallest absolute Gasteiger partial charge is 0.146 e. The third kappa shape index (κ3) is 1.78. The SMILES string of the molecule is CCN(C)c1nccc(C)c1C#N. The van der Waals surface area contributed by atoms with Crippen LogP contribution in [0.1, 0.15) is 18.1 Å². The lowest BCUT2D eigenvalue weighted by Crippen LogP contribution is -2.18. The molecule has 13 heavy (non-hydrogen) atoms. The molecule has 0 saturated carbocycles. The van der Waals surface area contributed by atoms with Crippen LogP contribution in [-0.4, -0.2) is 18.6 Å². The lowest BCUT2D eigenvalue weighted by molar-refractivity contribution is 0.932. The maximum atomic E-state index is 8.93. The Morgan fingerprint density at radius 2 is 2.31 bits per heavy atom. The molecule has 0 spiro atoms. The summed E-state index contributed by atoms with van der Waals surface area (Å²) in [6.07, 6.45) is 1.73. The van der Waals surface area contributed by atoms with E-state index in [1.54, 1.807) is 6.20 Å². The van der Waals surface area contributed by atoms with Gasteiger partial charge in [-0.3, -0.25) is 0 Å². The van der Waals surface area contributed by atoms with E-state index in [4.69, 9.17) is 5.26 Å². The van der Waals surface area contributed by atoms with Crippen molar-refractivity contribution in [3.63, 3.8) is 0 Å². The largest absolute Gasteiger partial charge is 0.359 e. The molecule has 3 nitrogen and oxygen atoms in total. The van der Waals surface area contributed by atoms with Gasteiger partial charge in [-0.25, -0.2) is 4.98 Å². The van der Waals surface area contributed by atoms with Crippen molar-refractivity contribution in [1.82, 2.24) is 4.98 Å². The molecule has 0 atom stereocenters. The fourth-order valence-corrected chi connectivity index (χ4v) is 1.12. The van der Waals surface area contributed by atoms with E-state index < -0.39 is 0 Å². The van der Waals surface area contributed by atoms with E-state index in [2.05, 4.69) is 11.1 Å². The van der Waals surface area contributed by atoms with Crippen molar-refractivity contribution in [3.05, 3.63) is 23.4 Å². The number of nitrogens with zero attached hydrogens (tertiary/aromatic N) is 3. The summed E-state index contributed by atoms with van der Waals surface area (Å²) in [5.74, 6) is 0.769. The van der Waals surface area contributed by atoms with Gasteiger partial charge in [-0.2, -0.15) is 5.26 Å². The Balaban J connectivity index is 3.22. The van der Waals surface area contributed by atoms with E-state index in [-0.39, 0.29) is 0 Å². The standard InChI is InChI=1S/C10H13N3/c1-4-13(3)10-9(7-11)8(2)5-6-12-10/h5-6H,4H2,1-3H3. The van der Waals surface area contributed by atoms with Crippen molar-refractivity contribution >= 4 is 5.82 Å². The van der Waals surface area contributed by atoms with Crippen molar-refractivity contribution < 1.29 is 0 Å². The van der Waals surface area contributed by atoms with E-state index in [0.29, 0.717) is 5.56 Å². The Hall–Kier alpha value is -1.56. The molecule has 0 fully saturated rings. The Kier molecular flexibility index (Phi) is 2.86. The Bertz CT molecular complexity index is 339. The minimum Gasteiger partial charge on any atom is -0.359 e. The maximum absolute atomic E-state index is 8.93. The van der Waals surface area contributed by atoms with E-state index in [9.17, 15) is 0 Å². The van der Waals surface area contributed by atoms with Crippen LogP contribution in [0.4, 0.5) is 5.82 Å². The van der Waals surface area contributed by atoms with Crippen molar-refractivity contribution in [2.24, 2.45) is 0 Å². The van der Waals surface area contributed by atoms with Crippen molar-refractivity contribution in [3.8, 4) is 6.07 Å². The second-order valence-corrected chi connectivity index (χ2v) is 2.95. The summed E-state index contributed by atoms with van der Waals surface area (Å²) in [5, 5.41) is 8.93. The molecule has 0 radical (unpaired) electrons. The summed E-state index contributed by atoms with van der Waals surface area (Å²) in [5.41, 5.74) is 1.65. The molecule has 0 amide bonds. The van der Waals surface area contributed by atoms with Crippen molar-refractivity contribution in [1.29, 1.82) is 5.26 Å². The second-order valence-electron chi connectivity index (χ2n) is 2.95. The average Bonchev–Trinajstić information content (AvgIpc) is 2.16. The molecule has 1 aromatic rings. The molecule has 1 aromatic heterocycles. The molecular weight excluding hydrogens is 162 g/mol. The molecule has 1 heterocycles. The molecular formula is C10H13N3. The van der Waals surface area contributed by atoms with Gasteiger partial charge in [0.2, 0.25) is 0 Å². The van der Waals surface area contributed by atoms with Gasteiger partial charge in [-0.1, -0.05) is 0 Å². The van der Waals surface area contributed by atoms with Gasteiger partial charge in [0.15, 0.2) is 0 Å². The van der Waals surface area contributed by atoms with Crippen LogP contribution in [0.3, 0.4) is 0 Å². The quantitative estimate of drug-likeness (QED) is 0.687. The predicted molar refractivity (Wildman–Crippen MR) is 52.6 cm³/mol. The monoisotopic (exact) mass is 175 g/mol. The van der Waals surface area contributed by atoms with Gasteiger partial charge in [0.05, 0.1) is 5.56 Å². The second kappa shape index (κ2) is 3.90. The molecule has 0 saturated heterocycles. The topological polar surface area (TPSA) is 39.9 Å². The molecule has 0 bridgehead atoms. The Morgan fingerprint density at radius 3 is 2.85 bits per heavy atom. The summed E-state index contributed by atoms with van der Waals surface area (Å²) >= 11 is 0. The first-order chi connectivity index (χ1) is 6.20. The van der Waals surface area contributed by atoms with Gasteiger partial charge in [-0.15, -0.1) is 0 Å². The molecule has 3 heteroatoms. The molecule has 0 aromatic carbocycles. The number of aryl methyl sites for hydroxylation is 1. The van der Waals surface area contributed by atoms with Crippen LogP contribution >= 0.6 is 0 Å². The number of nitriles is 1. The first kappa shape index (κ1) is 9.53. The van der Waals surface area contributed by atoms with Crippen LogP contribution in [-0.2, 0) is 0 Å². The minimum atomic E-state index is 0.673. The summed E-state index contributed by atoms with van der Waals surface area (Å²) in [6, 6.07) is 4.03. The lowest BCUT2D eigenvalue weighted by atomic mass is 10.1. The van der Waals surface area contributed by atoms with Gasteiger partial charge in [0, 0.05) is 19.8 Å². The average molecular weight is 175 g/mol. The molecule has 0 unspecified atom stereocenters. The van der Waals surface area contributed by atoms with Gasteiger partial charge < -0.3 is 4.90 Å². The number of pyridine rings is 1. The number of hydrogen-bond acceptors (Lipinski definition) is 3. The summed E-state index contributed by atoms with van der Waals surface area (Å²) < 4.78 is 0. The predicted octanol–water partition coefficient (Wildman–Crippen LogP) is 1.72. The number of rotatable bonds is 2. The highest BCUT2D eigenvalue weighted by Gasteiger charge is 2.08. The maximum Gasteiger partial charge on any atom is 0.146 e. The number of anilines is 1. The highest BCUT2D eigenvalue weighted by molar-refractivity contribution is 5.56. The number of hydrogen-bond donors (Lipinski definition) is 0. The fourth-order valence-electron chi connectivity index (χ4n) is 1.12. The van der Waals surface area contributed by atoms with E-state index in [1.165, 1.54) is 0 Å². The fraction of sp³-hybridized carbons (Fsp3) is 0.400. The molecule has 0 aliphatic heterocycles. The normalized spacial score (nSPS) is 9.38. The zero-order valence-electron chi connectivity index (χ0n) is 8.20. The lowest BCUT2D eigenvalue weighted by Gasteiger charge is -2.17. The van der Waals surface area contributed by atoms with E-state index in [1.807, 2.05) is 31.9 Å². The first-order valence-corrected chi connectivity index (χ1v) is 4.27. The van der Waals surface area contributed by atoms with Crippen LogP contribution in [0.15, 0.2) is 12.3 Å². The van der Waals surface area contributed by atoms with Crippen LogP contribution in [0.25, 0.3) is 0 Å². The summed E-state index contributed by atoms with van der Waals surface area (Å²) in [4.78, 5) is 6.15. The first-order valence-electron chi connectivity index (χ1n) is 4.27. The third-order valence-corrected chi connectivity index (χ3v) is 2.09.